The van der Waals surface area contributed by atoms with Crippen molar-refractivity contribution in [1.82, 2.24) is 10.2 Å². The minimum atomic E-state index is -2.17. The molecule has 2 aliphatic heterocycles. The first-order valence-corrected chi connectivity index (χ1v) is 5.94. The Labute approximate surface area is 114 Å². The second-order valence-corrected chi connectivity index (χ2v) is 4.87. The van der Waals surface area contributed by atoms with Crippen molar-refractivity contribution < 1.29 is 24.9 Å². The third-order valence-corrected chi connectivity index (χ3v) is 3.56. The molecule has 1 saturated heterocycles. The maximum Gasteiger partial charge on any atom is 0.326 e. The van der Waals surface area contributed by atoms with Crippen molar-refractivity contribution in [3.63, 3.8) is 0 Å². The fourth-order valence-electron chi connectivity index (χ4n) is 2.35. The smallest absolute Gasteiger partial charge is 0.326 e. The molecule has 0 aliphatic carbocycles. The molecule has 20 heavy (non-hydrogen) atoms. The molecule has 110 valence electrons. The van der Waals surface area contributed by atoms with Crippen LogP contribution in [0.5, 0.6) is 0 Å². The molecule has 2 amide bonds. The van der Waals surface area contributed by atoms with Gasteiger partial charge in [0.05, 0.1) is 12.8 Å². The molecule has 5 atom stereocenters. The number of hydrogen-bond donors (Lipinski definition) is 5. The fraction of sp³-hybridized carbons (Fsp3) is 0.636. The summed E-state index contributed by atoms with van der Waals surface area (Å²) in [6.45, 7) is 0.547. The lowest BCUT2D eigenvalue weighted by Gasteiger charge is -2.41. The molecule has 0 aromatic heterocycles. The van der Waals surface area contributed by atoms with Crippen LogP contribution in [0.1, 0.15) is 6.92 Å². The summed E-state index contributed by atoms with van der Waals surface area (Å²) in [5.41, 5.74) is 1.23. The summed E-state index contributed by atoms with van der Waals surface area (Å²) in [5, 5.41) is 41.3. The summed E-state index contributed by atoms with van der Waals surface area (Å²) < 4.78 is 5.28. The first kappa shape index (κ1) is 14.7. The van der Waals surface area contributed by atoms with Gasteiger partial charge in [0.15, 0.2) is 5.60 Å². The first-order valence-electron chi connectivity index (χ1n) is 5.94. The van der Waals surface area contributed by atoms with Crippen molar-refractivity contribution in [2.75, 3.05) is 6.61 Å². The quantitative estimate of drug-likeness (QED) is 0.377. The highest BCUT2D eigenvalue weighted by Crippen LogP contribution is 2.42. The van der Waals surface area contributed by atoms with Gasteiger partial charge in [-0.2, -0.15) is 5.26 Å². The number of ether oxygens (including phenoxy) is 1. The Kier molecular flexibility index (Phi) is 3.45. The van der Waals surface area contributed by atoms with E-state index in [2.05, 4.69) is 5.32 Å². The number of aliphatic hydroxyl groups excluding tert-OH is 2. The van der Waals surface area contributed by atoms with Crippen LogP contribution in [0.2, 0.25) is 0 Å². The molecule has 2 heterocycles. The largest absolute Gasteiger partial charge is 0.394 e. The van der Waals surface area contributed by atoms with Crippen molar-refractivity contribution in [3.05, 3.63) is 12.3 Å². The summed E-state index contributed by atoms with van der Waals surface area (Å²) >= 11 is 0. The average Bonchev–Trinajstić information content (AvgIpc) is 2.59. The molecule has 2 aliphatic rings. The van der Waals surface area contributed by atoms with Crippen LogP contribution in [0.15, 0.2) is 12.3 Å². The second kappa shape index (κ2) is 4.69. The van der Waals surface area contributed by atoms with E-state index in [1.165, 1.54) is 12.3 Å². The third kappa shape index (κ3) is 1.78. The molecule has 2 rings (SSSR count). The van der Waals surface area contributed by atoms with E-state index in [1.807, 2.05) is 0 Å². The Bertz CT molecular complexity index is 488. The summed E-state index contributed by atoms with van der Waals surface area (Å²) in [4.78, 5) is 12.8. The summed E-state index contributed by atoms with van der Waals surface area (Å²) in [7, 11) is 0. The van der Waals surface area contributed by atoms with Crippen LogP contribution in [-0.2, 0) is 4.74 Å². The molecule has 1 fully saturated rings. The van der Waals surface area contributed by atoms with E-state index in [1.54, 1.807) is 6.07 Å². The number of amides is 2. The summed E-state index contributed by atoms with van der Waals surface area (Å²) in [6.07, 6.45) is -0.864. The molecular weight excluding hydrogens is 268 g/mol. The number of hydrogen-bond acceptors (Lipinski definition) is 7. The van der Waals surface area contributed by atoms with Gasteiger partial charge in [-0.3, -0.25) is 4.90 Å². The van der Waals surface area contributed by atoms with Crippen molar-refractivity contribution in [2.24, 2.45) is 5.73 Å². The molecule has 1 unspecified atom stereocenters. The van der Waals surface area contributed by atoms with Gasteiger partial charge in [-0.15, -0.1) is 0 Å². The molecule has 9 heteroatoms. The highest BCUT2D eigenvalue weighted by atomic mass is 16.6. The van der Waals surface area contributed by atoms with Crippen LogP contribution < -0.4 is 11.1 Å². The van der Waals surface area contributed by atoms with E-state index < -0.39 is 42.3 Å². The van der Waals surface area contributed by atoms with Gasteiger partial charge < -0.3 is 31.1 Å². The van der Waals surface area contributed by atoms with Gasteiger partial charge in [-0.25, -0.2) is 4.79 Å². The topological polar surface area (TPSA) is 152 Å². The number of carbonyl (C=O) groups excluding carboxylic acids is 1. The number of nitrogens with zero attached hydrogens (tertiary/aromatic N) is 2. The highest BCUT2D eigenvalue weighted by Gasteiger charge is 2.67. The van der Waals surface area contributed by atoms with Crippen LogP contribution in [-0.4, -0.2) is 62.6 Å². The second-order valence-electron chi connectivity index (χ2n) is 4.87. The maximum atomic E-state index is 11.9. The lowest BCUT2D eigenvalue weighted by molar-refractivity contribution is -0.156. The Morgan fingerprint density at radius 2 is 2.35 bits per heavy atom. The van der Waals surface area contributed by atoms with Gasteiger partial charge in [-0.1, -0.05) is 0 Å². The fourth-order valence-corrected chi connectivity index (χ4v) is 2.35. The Morgan fingerprint density at radius 1 is 1.70 bits per heavy atom. The van der Waals surface area contributed by atoms with Gasteiger partial charge in [0.2, 0.25) is 0 Å². The molecule has 0 spiro atoms. The molecule has 9 nitrogen and oxygen atoms in total. The van der Waals surface area contributed by atoms with E-state index in [0.717, 1.165) is 11.8 Å². The number of rotatable bonds is 2. The zero-order valence-corrected chi connectivity index (χ0v) is 10.7. The Morgan fingerprint density at radius 3 is 2.80 bits per heavy atom. The van der Waals surface area contributed by atoms with Crippen LogP contribution in [0.4, 0.5) is 4.79 Å². The van der Waals surface area contributed by atoms with Gasteiger partial charge in [-0.05, 0) is 13.0 Å². The SMILES string of the molecule is C[C@@]1(O)[C@H](O)[C@@H](CO)O[C@@]1(C#N)N1C=CC(N)NC1=O. The third-order valence-electron chi connectivity index (χ3n) is 3.56. The predicted octanol–water partition coefficient (Wildman–Crippen LogP) is -2.47. The minimum Gasteiger partial charge on any atom is -0.394 e. The van der Waals surface area contributed by atoms with Crippen molar-refractivity contribution >= 4 is 6.03 Å². The number of nitrogens with one attached hydrogen (secondary N) is 1. The van der Waals surface area contributed by atoms with Crippen LogP contribution in [0.3, 0.4) is 0 Å². The average molecular weight is 284 g/mol. The number of urea groups is 1. The van der Waals surface area contributed by atoms with Gasteiger partial charge in [0.1, 0.15) is 18.3 Å². The van der Waals surface area contributed by atoms with E-state index in [0.29, 0.717) is 0 Å². The van der Waals surface area contributed by atoms with Crippen molar-refractivity contribution in [3.8, 4) is 6.07 Å². The van der Waals surface area contributed by atoms with Gasteiger partial charge in [0.25, 0.3) is 5.72 Å². The first-order chi connectivity index (χ1) is 9.30. The lowest BCUT2D eigenvalue weighted by atomic mass is 9.87. The van der Waals surface area contributed by atoms with Crippen molar-refractivity contribution in [1.29, 1.82) is 5.26 Å². The van der Waals surface area contributed by atoms with E-state index in [-0.39, 0.29) is 0 Å². The van der Waals surface area contributed by atoms with Crippen LogP contribution in [0.25, 0.3) is 0 Å². The zero-order valence-electron chi connectivity index (χ0n) is 10.7. The monoisotopic (exact) mass is 284 g/mol. The van der Waals surface area contributed by atoms with Gasteiger partial charge >= 0.3 is 6.03 Å². The Hall–Kier alpha value is -1.70. The summed E-state index contributed by atoms with van der Waals surface area (Å²) in [6, 6.07) is 0.950. The normalized spacial score (nSPS) is 44.3. The molecule has 0 saturated carbocycles. The molecular formula is C11H16N4O5. The minimum absolute atomic E-state index is 0.612. The van der Waals surface area contributed by atoms with E-state index in [4.69, 9.17) is 15.6 Å². The van der Waals surface area contributed by atoms with Gasteiger partial charge in [0, 0.05) is 6.20 Å². The Balaban J connectivity index is 2.48. The molecule has 0 aromatic carbocycles. The zero-order chi connectivity index (χ0) is 15.1. The van der Waals surface area contributed by atoms with Crippen LogP contribution in [0, 0.1) is 11.3 Å². The number of nitrogens with two attached hydrogens (primary N) is 1. The molecule has 0 aromatic rings. The van der Waals surface area contributed by atoms with Crippen molar-refractivity contribution in [2.45, 2.75) is 36.6 Å². The molecule has 6 N–H and O–H groups in total. The lowest BCUT2D eigenvalue weighted by Crippen LogP contribution is -2.66. The standard InChI is InChI=1S/C11H16N4O5/c1-10(19)8(17)6(4-16)20-11(10,5-12)15-3-2-7(13)14-9(15)18/h2-3,6-8,16-17,19H,4,13H2,1H3,(H,14,18)/t6-,7?,8-,10-,11-/m1/s1. The number of aliphatic hydroxyl groups is 3. The number of carbonyl (C=O) groups is 1. The number of nitriles is 1. The predicted molar refractivity (Wildman–Crippen MR) is 64.4 cm³/mol. The molecule has 0 radical (unpaired) electrons. The summed E-state index contributed by atoms with van der Waals surface area (Å²) in [5.74, 6) is 0. The maximum absolute atomic E-state index is 11.9. The van der Waals surface area contributed by atoms with E-state index in [9.17, 15) is 20.3 Å². The van der Waals surface area contributed by atoms with Crippen LogP contribution >= 0.6 is 0 Å². The highest BCUT2D eigenvalue weighted by molar-refractivity contribution is 5.78. The molecule has 0 bridgehead atoms. The van der Waals surface area contributed by atoms with E-state index >= 15 is 0 Å².